The van der Waals surface area contributed by atoms with Crippen LogP contribution < -0.4 is 14.2 Å². The van der Waals surface area contributed by atoms with Gasteiger partial charge in [-0.05, 0) is 71.8 Å². The van der Waals surface area contributed by atoms with E-state index in [9.17, 15) is 34.4 Å². The molecule has 2 N–H and O–H groups in total. The molecule has 0 unspecified atom stereocenters. The lowest BCUT2D eigenvalue weighted by Crippen LogP contribution is -2.18. The first-order chi connectivity index (χ1) is 17.7. The summed E-state index contributed by atoms with van der Waals surface area (Å²) < 4.78 is 111. The first-order valence-corrected chi connectivity index (χ1v) is 14.4. The number of sulfonamides is 2. The van der Waals surface area contributed by atoms with Crippen LogP contribution in [0.4, 0.5) is 28.9 Å². The molecule has 3 aromatic carbocycles. The maximum absolute atomic E-state index is 13.4. The van der Waals surface area contributed by atoms with Gasteiger partial charge in [0.15, 0.2) is 0 Å². The molecule has 4 aromatic rings. The Morgan fingerprint density at radius 3 is 1.92 bits per heavy atom. The first kappa shape index (κ1) is 27.7. The summed E-state index contributed by atoms with van der Waals surface area (Å²) >= 11 is 6.62. The molecule has 0 fully saturated rings. The molecule has 38 heavy (non-hydrogen) atoms. The number of halogens is 5. The normalized spacial score (nSPS) is 12.2. The molecule has 0 aliphatic carbocycles. The third-order valence-electron chi connectivity index (χ3n) is 4.87. The van der Waals surface area contributed by atoms with Gasteiger partial charge in [-0.25, -0.2) is 21.2 Å². The summed E-state index contributed by atoms with van der Waals surface area (Å²) in [5, 5.41) is 0. The van der Waals surface area contributed by atoms with Crippen LogP contribution in [0.15, 0.2) is 88.0 Å². The van der Waals surface area contributed by atoms with Gasteiger partial charge >= 0.3 is 6.36 Å². The van der Waals surface area contributed by atoms with Gasteiger partial charge in [0.2, 0.25) is 0 Å². The maximum Gasteiger partial charge on any atom is 0.573 e. The van der Waals surface area contributed by atoms with E-state index in [4.69, 9.17) is 11.6 Å². The number of nitrogens with one attached hydrogen (secondary N) is 2. The minimum atomic E-state index is -4.96. The zero-order valence-electron chi connectivity index (χ0n) is 18.7. The number of anilines is 2. The molecule has 1 aromatic heterocycles. The number of alkyl halides is 3. The van der Waals surface area contributed by atoms with Gasteiger partial charge in [0, 0.05) is 0 Å². The number of rotatable bonds is 8. The van der Waals surface area contributed by atoms with Crippen LogP contribution in [-0.4, -0.2) is 23.2 Å². The van der Waals surface area contributed by atoms with Gasteiger partial charge in [0.25, 0.3) is 20.0 Å². The summed E-state index contributed by atoms with van der Waals surface area (Å²) in [5.41, 5.74) is 0.563. The molecule has 0 saturated heterocycles. The molecular weight excluding hydrogens is 592 g/mol. The van der Waals surface area contributed by atoms with Crippen molar-refractivity contribution in [1.82, 2.24) is 0 Å². The van der Waals surface area contributed by atoms with Gasteiger partial charge in [0.05, 0.1) is 20.6 Å². The monoisotopic (exact) mass is 606 g/mol. The van der Waals surface area contributed by atoms with Gasteiger partial charge in [-0.1, -0.05) is 29.8 Å². The van der Waals surface area contributed by atoms with Crippen molar-refractivity contribution in [3.63, 3.8) is 0 Å². The van der Waals surface area contributed by atoms with Crippen LogP contribution in [0, 0.1) is 5.82 Å². The standard InChI is InChI=1S/C23H15ClF4N2O5S3/c24-21-11-12-22(36-21)38(33,34)29-19-10-3-15(14-1-4-16(25)5-2-14)13-20(19)30-37(31,32)18-8-6-17(7-9-18)35-23(26,27)28/h1-13,29-30H. The Morgan fingerprint density at radius 2 is 1.34 bits per heavy atom. The second-order valence-electron chi connectivity index (χ2n) is 7.56. The Hall–Kier alpha value is -3.33. The van der Waals surface area contributed by atoms with E-state index in [0.29, 0.717) is 11.1 Å². The van der Waals surface area contributed by atoms with Crippen molar-refractivity contribution in [3.05, 3.63) is 89.0 Å². The zero-order valence-corrected chi connectivity index (χ0v) is 21.9. The number of benzene rings is 3. The van der Waals surface area contributed by atoms with Gasteiger partial charge in [0.1, 0.15) is 15.8 Å². The van der Waals surface area contributed by atoms with Crippen LogP contribution >= 0.6 is 22.9 Å². The van der Waals surface area contributed by atoms with E-state index in [-0.39, 0.29) is 19.9 Å². The molecule has 0 atom stereocenters. The Labute approximate surface area is 223 Å². The third-order valence-corrected chi connectivity index (χ3v) is 9.34. The Morgan fingerprint density at radius 1 is 0.737 bits per heavy atom. The largest absolute Gasteiger partial charge is 0.573 e. The van der Waals surface area contributed by atoms with Gasteiger partial charge < -0.3 is 4.74 Å². The molecule has 0 aliphatic rings. The average Bonchev–Trinajstić information content (AvgIpc) is 3.27. The summed E-state index contributed by atoms with van der Waals surface area (Å²) in [4.78, 5) is -0.418. The van der Waals surface area contributed by atoms with Crippen LogP contribution in [0.2, 0.25) is 4.34 Å². The Balaban J connectivity index is 1.72. The molecule has 0 radical (unpaired) electrons. The summed E-state index contributed by atoms with van der Waals surface area (Å²) in [5.74, 6) is -1.12. The summed E-state index contributed by atoms with van der Waals surface area (Å²) in [6, 6.07) is 15.5. The van der Waals surface area contributed by atoms with Crippen molar-refractivity contribution in [3.8, 4) is 16.9 Å². The number of thiophene rings is 1. The molecule has 7 nitrogen and oxygen atoms in total. The zero-order chi connectivity index (χ0) is 27.7. The lowest BCUT2D eigenvalue weighted by atomic mass is 10.0. The number of ether oxygens (including phenoxy) is 1. The lowest BCUT2D eigenvalue weighted by molar-refractivity contribution is -0.274. The number of hydrogen-bond acceptors (Lipinski definition) is 6. The second kappa shape index (κ2) is 10.4. The van der Waals surface area contributed by atoms with Crippen molar-refractivity contribution in [2.45, 2.75) is 15.5 Å². The van der Waals surface area contributed by atoms with Gasteiger partial charge in [-0.2, -0.15) is 0 Å². The van der Waals surface area contributed by atoms with E-state index in [1.165, 1.54) is 54.6 Å². The van der Waals surface area contributed by atoms with Crippen molar-refractivity contribution in [1.29, 1.82) is 0 Å². The van der Waals surface area contributed by atoms with Gasteiger partial charge in [-0.15, -0.1) is 24.5 Å². The fourth-order valence-electron chi connectivity index (χ4n) is 3.20. The lowest BCUT2D eigenvalue weighted by Gasteiger charge is -2.16. The Kier molecular flexibility index (Phi) is 7.61. The summed E-state index contributed by atoms with van der Waals surface area (Å²) in [6.07, 6.45) is -4.96. The fourth-order valence-corrected chi connectivity index (χ4v) is 6.83. The SMILES string of the molecule is O=S(=O)(Nc1cc(-c2ccc(F)cc2)ccc1NS(=O)(=O)c1ccc(Cl)s1)c1ccc(OC(F)(F)F)cc1. The predicted octanol–water partition coefficient (Wildman–Crippen LogP) is 6.71. The van der Waals surface area contributed by atoms with Crippen LogP contribution in [0.25, 0.3) is 11.1 Å². The van der Waals surface area contributed by atoms with E-state index in [1.54, 1.807) is 0 Å². The highest BCUT2D eigenvalue weighted by molar-refractivity contribution is 7.94. The van der Waals surface area contributed by atoms with Gasteiger partial charge in [-0.3, -0.25) is 9.44 Å². The Bertz CT molecular complexity index is 1670. The fraction of sp³-hybridized carbons (Fsp3) is 0.0435. The minimum absolute atomic E-state index is 0.126. The van der Waals surface area contributed by atoms with E-state index >= 15 is 0 Å². The summed E-state index contributed by atoms with van der Waals surface area (Å²) in [7, 11) is -8.58. The topological polar surface area (TPSA) is 102 Å². The van der Waals surface area contributed by atoms with E-state index in [0.717, 1.165) is 35.6 Å². The molecule has 0 amide bonds. The molecule has 0 spiro atoms. The highest BCUT2D eigenvalue weighted by Gasteiger charge is 2.31. The molecular formula is C23H15ClF4N2O5S3. The quantitative estimate of drug-likeness (QED) is 0.217. The molecule has 15 heteroatoms. The van der Waals surface area contributed by atoms with Crippen molar-refractivity contribution in [2.24, 2.45) is 0 Å². The average molecular weight is 607 g/mol. The minimum Gasteiger partial charge on any atom is -0.406 e. The highest BCUT2D eigenvalue weighted by atomic mass is 35.5. The molecule has 200 valence electrons. The van der Waals surface area contributed by atoms with Crippen LogP contribution in [0.3, 0.4) is 0 Å². The third kappa shape index (κ3) is 6.75. The van der Waals surface area contributed by atoms with E-state index in [1.807, 2.05) is 0 Å². The van der Waals surface area contributed by atoms with Crippen LogP contribution in [0.1, 0.15) is 0 Å². The number of hydrogen-bond donors (Lipinski definition) is 2. The molecule has 4 rings (SSSR count). The second-order valence-corrected chi connectivity index (χ2v) is 12.9. The van der Waals surface area contributed by atoms with Crippen LogP contribution in [-0.2, 0) is 20.0 Å². The maximum atomic E-state index is 13.4. The summed E-state index contributed by atoms with van der Waals surface area (Å²) in [6.45, 7) is 0. The smallest absolute Gasteiger partial charge is 0.406 e. The van der Waals surface area contributed by atoms with Crippen LogP contribution in [0.5, 0.6) is 5.75 Å². The van der Waals surface area contributed by atoms with Crippen molar-refractivity contribution in [2.75, 3.05) is 9.44 Å². The van der Waals surface area contributed by atoms with Crippen molar-refractivity contribution >= 4 is 54.4 Å². The van der Waals surface area contributed by atoms with E-state index in [2.05, 4.69) is 14.2 Å². The molecule has 0 bridgehead atoms. The predicted molar refractivity (Wildman–Crippen MR) is 136 cm³/mol. The molecule has 0 saturated carbocycles. The highest BCUT2D eigenvalue weighted by Crippen LogP contribution is 2.34. The molecule has 0 aliphatic heterocycles. The molecule has 1 heterocycles. The van der Waals surface area contributed by atoms with E-state index < -0.39 is 42.9 Å². The first-order valence-electron chi connectivity index (χ1n) is 10.3. The van der Waals surface area contributed by atoms with Crippen molar-refractivity contribution < 1.29 is 39.1 Å².